The van der Waals surface area contributed by atoms with Crippen molar-refractivity contribution in [3.8, 4) is 11.5 Å². The maximum absolute atomic E-state index is 10.8. The minimum Gasteiger partial charge on any atom is -0.467 e. The lowest BCUT2D eigenvalue weighted by atomic mass is 10.2. The molecule has 0 aromatic rings. The predicted octanol–water partition coefficient (Wildman–Crippen LogP) is 1.18. The van der Waals surface area contributed by atoms with Crippen molar-refractivity contribution in [1.82, 2.24) is 0 Å². The van der Waals surface area contributed by atoms with Gasteiger partial charge in [0.15, 0.2) is 6.10 Å². The Labute approximate surface area is 86.5 Å². The van der Waals surface area contributed by atoms with Gasteiger partial charge in [0, 0.05) is 6.42 Å². The first-order valence-electron chi connectivity index (χ1n) is 4.63. The molecule has 14 heavy (non-hydrogen) atoms. The van der Waals surface area contributed by atoms with Gasteiger partial charge in [-0.05, 0) is 6.42 Å². The molecule has 1 N–H and O–H groups in total. The number of carbonyl (C=O) groups is 1. The number of aliphatic hydroxyl groups is 1. The number of rotatable bonds is 3. The summed E-state index contributed by atoms with van der Waals surface area (Å²) in [6, 6.07) is 0. The van der Waals surface area contributed by atoms with Gasteiger partial charge >= 0.3 is 5.97 Å². The van der Waals surface area contributed by atoms with Gasteiger partial charge in [-0.25, -0.2) is 4.79 Å². The van der Waals surface area contributed by atoms with Crippen LogP contribution >= 0.6 is 0 Å². The van der Waals surface area contributed by atoms with Crippen molar-refractivity contribution in [1.29, 1.82) is 0 Å². The highest BCUT2D eigenvalue weighted by molar-refractivity contribution is 6.83. The fraction of sp³-hybridized carbons (Fsp3) is 0.700. The van der Waals surface area contributed by atoms with Gasteiger partial charge in [-0.1, -0.05) is 19.6 Å². The van der Waals surface area contributed by atoms with Crippen molar-refractivity contribution in [3.63, 3.8) is 0 Å². The van der Waals surface area contributed by atoms with Crippen LogP contribution in [0.3, 0.4) is 0 Å². The molecule has 80 valence electrons. The molecule has 0 aromatic heterocycles. The van der Waals surface area contributed by atoms with Gasteiger partial charge < -0.3 is 9.84 Å². The van der Waals surface area contributed by atoms with E-state index >= 15 is 0 Å². The van der Waals surface area contributed by atoms with Gasteiger partial charge in [0.2, 0.25) is 0 Å². The molecule has 1 atom stereocenters. The van der Waals surface area contributed by atoms with E-state index in [9.17, 15) is 9.90 Å². The van der Waals surface area contributed by atoms with Gasteiger partial charge in [0.25, 0.3) is 0 Å². The first-order chi connectivity index (χ1) is 6.37. The second-order valence-corrected chi connectivity index (χ2v) is 8.88. The van der Waals surface area contributed by atoms with Crippen LogP contribution in [0.2, 0.25) is 19.6 Å². The highest BCUT2D eigenvalue weighted by Crippen LogP contribution is 2.00. The molecule has 0 spiro atoms. The van der Waals surface area contributed by atoms with Crippen LogP contribution in [0.4, 0.5) is 0 Å². The van der Waals surface area contributed by atoms with Crippen LogP contribution in [-0.4, -0.2) is 32.4 Å². The quantitative estimate of drug-likeness (QED) is 0.436. The normalized spacial score (nSPS) is 12.6. The number of ether oxygens (including phenoxy) is 1. The number of esters is 1. The van der Waals surface area contributed by atoms with Crippen LogP contribution in [0.25, 0.3) is 0 Å². The fourth-order valence-corrected chi connectivity index (χ4v) is 1.45. The Hall–Kier alpha value is -0.793. The minimum absolute atomic E-state index is 0.351. The Kier molecular flexibility index (Phi) is 5.51. The van der Waals surface area contributed by atoms with E-state index in [1.54, 1.807) is 0 Å². The van der Waals surface area contributed by atoms with Crippen LogP contribution in [0.5, 0.6) is 0 Å². The summed E-state index contributed by atoms with van der Waals surface area (Å²) in [4.78, 5) is 10.8. The van der Waals surface area contributed by atoms with Gasteiger partial charge in [0.05, 0.1) is 7.11 Å². The van der Waals surface area contributed by atoms with Gasteiger partial charge in [-0.15, -0.1) is 11.5 Å². The average Bonchev–Trinajstić information content (AvgIpc) is 2.09. The zero-order valence-corrected chi connectivity index (χ0v) is 10.3. The Bertz CT molecular complexity index is 244. The summed E-state index contributed by atoms with van der Waals surface area (Å²) in [5, 5.41) is 9.22. The SMILES string of the molecule is COC(=O)C(O)CCC#C[Si](C)(C)C. The summed E-state index contributed by atoms with van der Waals surface area (Å²) < 4.78 is 4.38. The van der Waals surface area contributed by atoms with Crippen LogP contribution in [0.15, 0.2) is 0 Å². The van der Waals surface area contributed by atoms with Crippen molar-refractivity contribution in [2.75, 3.05) is 7.11 Å². The first-order valence-corrected chi connectivity index (χ1v) is 8.13. The molecule has 0 aromatic carbocycles. The van der Waals surface area contributed by atoms with Crippen LogP contribution in [0.1, 0.15) is 12.8 Å². The lowest BCUT2D eigenvalue weighted by molar-refractivity contribution is -0.150. The molecule has 0 heterocycles. The molecule has 0 rings (SSSR count). The minimum atomic E-state index is -1.32. The standard InChI is InChI=1S/C10H18O3Si/c1-13-10(12)9(11)7-5-6-8-14(2,3)4/h9,11H,5,7H2,1-4H3. The topological polar surface area (TPSA) is 46.5 Å². The molecule has 0 saturated heterocycles. The third-order valence-electron chi connectivity index (χ3n) is 1.48. The molecule has 0 radical (unpaired) electrons. The lowest BCUT2D eigenvalue weighted by Gasteiger charge is -2.06. The fourth-order valence-electron chi connectivity index (χ4n) is 0.790. The molecule has 0 saturated carbocycles. The Morgan fingerprint density at radius 3 is 2.50 bits per heavy atom. The summed E-state index contributed by atoms with van der Waals surface area (Å²) in [7, 11) is -0.0604. The number of aliphatic hydroxyl groups excluding tert-OH is 1. The molecule has 0 bridgehead atoms. The van der Waals surface area contributed by atoms with Crippen molar-refractivity contribution in [2.24, 2.45) is 0 Å². The Morgan fingerprint density at radius 1 is 1.50 bits per heavy atom. The molecule has 3 nitrogen and oxygen atoms in total. The second-order valence-electron chi connectivity index (χ2n) is 4.13. The van der Waals surface area contributed by atoms with Gasteiger partial charge in [-0.2, -0.15) is 0 Å². The average molecular weight is 214 g/mol. The zero-order chi connectivity index (χ0) is 11.2. The number of carbonyl (C=O) groups excluding carboxylic acids is 1. The van der Waals surface area contributed by atoms with E-state index in [1.165, 1.54) is 7.11 Å². The van der Waals surface area contributed by atoms with Gasteiger partial charge in [-0.3, -0.25) is 0 Å². The highest BCUT2D eigenvalue weighted by atomic mass is 28.3. The monoisotopic (exact) mass is 214 g/mol. The second kappa shape index (κ2) is 5.84. The molecule has 0 aliphatic rings. The van der Waals surface area contributed by atoms with E-state index in [0.717, 1.165) is 0 Å². The van der Waals surface area contributed by atoms with Crippen LogP contribution < -0.4 is 0 Å². The molecule has 0 aliphatic heterocycles. The lowest BCUT2D eigenvalue weighted by Crippen LogP contribution is -2.21. The van der Waals surface area contributed by atoms with E-state index in [0.29, 0.717) is 12.8 Å². The van der Waals surface area contributed by atoms with E-state index in [2.05, 4.69) is 35.8 Å². The van der Waals surface area contributed by atoms with Crippen molar-refractivity contribution in [2.45, 2.75) is 38.6 Å². The molecule has 1 unspecified atom stereocenters. The smallest absolute Gasteiger partial charge is 0.334 e. The maximum Gasteiger partial charge on any atom is 0.334 e. The number of methoxy groups -OCH3 is 1. The van der Waals surface area contributed by atoms with E-state index < -0.39 is 20.1 Å². The van der Waals surface area contributed by atoms with E-state index in [1.807, 2.05) is 0 Å². The zero-order valence-electron chi connectivity index (χ0n) is 9.26. The van der Waals surface area contributed by atoms with Gasteiger partial charge in [0.1, 0.15) is 8.07 Å². The number of hydrogen-bond donors (Lipinski definition) is 1. The summed E-state index contributed by atoms with van der Waals surface area (Å²) in [6.45, 7) is 6.45. The third-order valence-corrected chi connectivity index (χ3v) is 2.41. The molecule has 0 aliphatic carbocycles. The Morgan fingerprint density at radius 2 is 2.07 bits per heavy atom. The molecule has 0 amide bonds. The predicted molar refractivity (Wildman–Crippen MR) is 58.4 cm³/mol. The van der Waals surface area contributed by atoms with Crippen molar-refractivity contribution < 1.29 is 14.6 Å². The van der Waals surface area contributed by atoms with Crippen molar-refractivity contribution in [3.05, 3.63) is 0 Å². The molecule has 4 heteroatoms. The van der Waals surface area contributed by atoms with Crippen LogP contribution in [0, 0.1) is 11.5 Å². The maximum atomic E-state index is 10.8. The summed E-state index contributed by atoms with van der Waals surface area (Å²) in [6.07, 6.45) is -0.138. The van der Waals surface area contributed by atoms with Crippen molar-refractivity contribution >= 4 is 14.0 Å². The highest BCUT2D eigenvalue weighted by Gasteiger charge is 2.13. The van der Waals surface area contributed by atoms with E-state index in [-0.39, 0.29) is 0 Å². The first kappa shape index (κ1) is 13.2. The largest absolute Gasteiger partial charge is 0.467 e. The summed E-state index contributed by atoms with van der Waals surface area (Å²) in [5.41, 5.74) is 3.16. The molecular weight excluding hydrogens is 196 g/mol. The number of hydrogen-bond acceptors (Lipinski definition) is 3. The Balaban J connectivity index is 3.84. The molecule has 0 fully saturated rings. The van der Waals surface area contributed by atoms with E-state index in [4.69, 9.17) is 0 Å². The molecular formula is C10H18O3Si. The third kappa shape index (κ3) is 6.69. The van der Waals surface area contributed by atoms with Crippen LogP contribution in [-0.2, 0) is 9.53 Å². The summed E-state index contributed by atoms with van der Waals surface area (Å²) >= 11 is 0. The summed E-state index contributed by atoms with van der Waals surface area (Å²) in [5.74, 6) is 2.40.